The molecule has 0 unspecified atom stereocenters. The largest absolute Gasteiger partial charge is 0.497 e. The highest BCUT2D eigenvalue weighted by Gasteiger charge is 2.63. The van der Waals surface area contributed by atoms with E-state index < -0.39 is 34.4 Å². The van der Waals surface area contributed by atoms with Gasteiger partial charge in [0.05, 0.1) is 33.0 Å². The number of ketones is 2. The fraction of sp³-hybridized carbons (Fsp3) is 0.310. The number of hydrogen-bond acceptors (Lipinski definition) is 9. The van der Waals surface area contributed by atoms with Crippen LogP contribution in [0.2, 0.25) is 5.02 Å². The molecule has 1 spiro atoms. The smallest absolute Gasteiger partial charge is 0.236 e. The van der Waals surface area contributed by atoms with Crippen molar-refractivity contribution < 1.29 is 37.7 Å². The van der Waals surface area contributed by atoms with Crippen LogP contribution in [-0.2, 0) is 9.59 Å². The molecule has 1 amide bonds. The van der Waals surface area contributed by atoms with Gasteiger partial charge in [0.25, 0.3) is 0 Å². The van der Waals surface area contributed by atoms with Crippen molar-refractivity contribution in [1.29, 1.82) is 0 Å². The second kappa shape index (κ2) is 9.12. The lowest BCUT2D eigenvalue weighted by Gasteiger charge is -2.41. The van der Waals surface area contributed by atoms with Gasteiger partial charge in [-0.1, -0.05) is 18.5 Å². The number of benzene rings is 2. The summed E-state index contributed by atoms with van der Waals surface area (Å²) in [6, 6.07) is 6.26. The van der Waals surface area contributed by atoms with Crippen molar-refractivity contribution in [2.45, 2.75) is 31.3 Å². The van der Waals surface area contributed by atoms with Crippen molar-refractivity contribution in [3.63, 3.8) is 0 Å². The van der Waals surface area contributed by atoms with E-state index in [0.717, 1.165) is 0 Å². The molecule has 3 aromatic rings. The molecular weight excluding hydrogens is 542 g/mol. The fourth-order valence-corrected chi connectivity index (χ4v) is 6.21. The molecule has 3 heterocycles. The Labute approximate surface area is 232 Å². The molecule has 0 saturated carbocycles. The summed E-state index contributed by atoms with van der Waals surface area (Å²) in [4.78, 5) is 55.0. The Morgan fingerprint density at radius 1 is 0.975 bits per heavy atom. The third-order valence-electron chi connectivity index (χ3n) is 7.94. The molecule has 0 radical (unpaired) electrons. The number of halogens is 1. The van der Waals surface area contributed by atoms with Gasteiger partial charge in [-0.2, -0.15) is 0 Å². The molecule has 2 aromatic carbocycles. The molecule has 0 bridgehead atoms. The number of carbonyl (C=O) groups excluding carboxylic acids is 3. The molecule has 0 saturated heterocycles. The lowest BCUT2D eigenvalue weighted by molar-refractivity contribution is -0.131. The minimum Gasteiger partial charge on any atom is -0.497 e. The number of hydrogen-bond donors (Lipinski definition) is 1. The molecule has 11 heteroatoms. The number of amides is 1. The van der Waals surface area contributed by atoms with Crippen LogP contribution < -0.4 is 29.7 Å². The van der Waals surface area contributed by atoms with Crippen LogP contribution in [0.25, 0.3) is 11.0 Å². The first-order valence-electron chi connectivity index (χ1n) is 12.5. The van der Waals surface area contributed by atoms with Crippen LogP contribution in [0.1, 0.15) is 41.6 Å². The first kappa shape index (κ1) is 25.9. The summed E-state index contributed by atoms with van der Waals surface area (Å²) in [5.74, 6) is -2.50. The van der Waals surface area contributed by atoms with Crippen molar-refractivity contribution in [3.8, 4) is 23.0 Å². The molecular formula is C29H24ClNO9. The summed E-state index contributed by atoms with van der Waals surface area (Å²) in [6.07, 6.45) is 1.20. The molecule has 10 nitrogen and oxygen atoms in total. The van der Waals surface area contributed by atoms with Crippen molar-refractivity contribution in [2.24, 2.45) is 5.92 Å². The zero-order chi connectivity index (χ0) is 28.5. The number of allylic oxidation sites excluding steroid dienone is 1. The van der Waals surface area contributed by atoms with Gasteiger partial charge in [0.15, 0.2) is 11.2 Å². The highest BCUT2D eigenvalue weighted by molar-refractivity contribution is 6.36. The fourth-order valence-electron chi connectivity index (χ4n) is 5.95. The third kappa shape index (κ3) is 3.41. The number of ether oxygens (including phenoxy) is 4. The van der Waals surface area contributed by atoms with E-state index in [1.807, 2.05) is 0 Å². The average molecular weight is 566 g/mol. The summed E-state index contributed by atoms with van der Waals surface area (Å²) in [5.41, 5.74) is -1.46. The average Bonchev–Trinajstić information content (AvgIpc) is 3.26. The van der Waals surface area contributed by atoms with Gasteiger partial charge in [-0.15, -0.1) is 0 Å². The Hall–Kier alpha value is -4.31. The van der Waals surface area contributed by atoms with E-state index in [9.17, 15) is 19.2 Å². The normalized spacial score (nSPS) is 23.6. The van der Waals surface area contributed by atoms with Gasteiger partial charge < -0.3 is 28.7 Å². The van der Waals surface area contributed by atoms with Gasteiger partial charge in [-0.25, -0.2) is 0 Å². The number of methoxy groups -OCH3 is 3. The zero-order valence-corrected chi connectivity index (χ0v) is 22.8. The topological polar surface area (TPSA) is 130 Å². The number of Topliss-reactive ketones (excluding diaryl/α,β-unsaturated/α-hetero) is 2. The Balaban J connectivity index is 1.52. The van der Waals surface area contributed by atoms with Crippen LogP contribution in [-0.4, -0.2) is 44.4 Å². The minimum absolute atomic E-state index is 0.0131. The van der Waals surface area contributed by atoms with E-state index >= 15 is 0 Å². The second-order valence-electron chi connectivity index (χ2n) is 9.98. The van der Waals surface area contributed by atoms with Gasteiger partial charge in [-0.3, -0.25) is 19.2 Å². The zero-order valence-electron chi connectivity index (χ0n) is 22.0. The number of carbonyl (C=O) groups is 3. The molecule has 3 aliphatic rings. The second-order valence-corrected chi connectivity index (χ2v) is 10.4. The van der Waals surface area contributed by atoms with Gasteiger partial charge in [0.2, 0.25) is 23.1 Å². The van der Waals surface area contributed by atoms with E-state index in [-0.39, 0.29) is 63.1 Å². The number of rotatable bonds is 4. The Morgan fingerprint density at radius 3 is 2.42 bits per heavy atom. The maximum absolute atomic E-state index is 14.5. The molecule has 3 atom stereocenters. The van der Waals surface area contributed by atoms with Gasteiger partial charge >= 0.3 is 0 Å². The van der Waals surface area contributed by atoms with E-state index in [1.165, 1.54) is 39.7 Å². The minimum atomic E-state index is -1.98. The molecule has 40 heavy (non-hydrogen) atoms. The summed E-state index contributed by atoms with van der Waals surface area (Å²) in [6.45, 7) is 1.69. The Morgan fingerprint density at radius 2 is 1.73 bits per heavy atom. The van der Waals surface area contributed by atoms with Crippen molar-refractivity contribution in [3.05, 3.63) is 68.2 Å². The van der Waals surface area contributed by atoms with Crippen LogP contribution in [0, 0.1) is 5.92 Å². The van der Waals surface area contributed by atoms with Crippen LogP contribution >= 0.6 is 11.6 Å². The highest BCUT2D eigenvalue weighted by Crippen LogP contribution is 2.55. The molecule has 1 aliphatic carbocycles. The highest BCUT2D eigenvalue weighted by atomic mass is 35.5. The first-order chi connectivity index (χ1) is 19.2. The predicted octanol–water partition coefficient (Wildman–Crippen LogP) is 3.95. The molecule has 2 aliphatic heterocycles. The van der Waals surface area contributed by atoms with Crippen molar-refractivity contribution in [1.82, 2.24) is 5.32 Å². The molecule has 206 valence electrons. The van der Waals surface area contributed by atoms with Gasteiger partial charge in [0.1, 0.15) is 33.4 Å². The van der Waals surface area contributed by atoms with Crippen LogP contribution in [0.3, 0.4) is 0 Å². The molecule has 6 rings (SSSR count). The maximum atomic E-state index is 14.5. The quantitative estimate of drug-likeness (QED) is 0.467. The third-order valence-corrected chi connectivity index (χ3v) is 8.30. The van der Waals surface area contributed by atoms with Crippen LogP contribution in [0.5, 0.6) is 23.0 Å². The lowest BCUT2D eigenvalue weighted by Crippen LogP contribution is -2.59. The lowest BCUT2D eigenvalue weighted by atomic mass is 9.66. The first-order valence-corrected chi connectivity index (χ1v) is 12.9. The van der Waals surface area contributed by atoms with Crippen molar-refractivity contribution >= 4 is 40.0 Å². The van der Waals surface area contributed by atoms with Crippen LogP contribution in [0.15, 0.2) is 51.0 Å². The molecule has 1 aromatic heterocycles. The standard InChI is InChI=1S/C29H24ClNO9/c1-12-7-17-22(27(34)29(12)28(35)23-19(37-3)10-20(38-4)24(30)26(23)40-29)14(9-21(32)31-17)16-11-39-18-6-5-13(36-2)8-15(18)25(16)33/h5-6,8,10-12,14H,7,9H2,1-4H3,(H,31,32)/t12-,14-,29+/m1/s1. The molecule has 0 fully saturated rings. The van der Waals surface area contributed by atoms with E-state index in [1.54, 1.807) is 19.1 Å². The summed E-state index contributed by atoms with van der Waals surface area (Å²) >= 11 is 6.53. The summed E-state index contributed by atoms with van der Waals surface area (Å²) in [5, 5.41) is 3.04. The Bertz CT molecular complexity index is 1740. The number of fused-ring (bicyclic) bond motifs is 2. The summed E-state index contributed by atoms with van der Waals surface area (Å²) in [7, 11) is 4.27. The SMILES string of the molecule is COc1ccc2occ([C@H]3CC(=O)NC4=C3C(=O)[C@@]3(Oc5c(Cl)c(OC)cc(OC)c5C3=O)[C@H](C)C4)c(=O)c2c1. The monoisotopic (exact) mass is 565 g/mol. The maximum Gasteiger partial charge on any atom is 0.236 e. The predicted molar refractivity (Wildman–Crippen MR) is 143 cm³/mol. The van der Waals surface area contributed by atoms with Crippen LogP contribution in [0.4, 0.5) is 0 Å². The Kier molecular flexibility index (Phi) is 5.92. The van der Waals surface area contributed by atoms with Gasteiger partial charge in [0, 0.05) is 41.2 Å². The number of nitrogens with one attached hydrogen (secondary N) is 1. The molecule has 1 N–H and O–H groups in total. The summed E-state index contributed by atoms with van der Waals surface area (Å²) < 4.78 is 28.0. The van der Waals surface area contributed by atoms with E-state index in [2.05, 4.69) is 5.32 Å². The van der Waals surface area contributed by atoms with Crippen molar-refractivity contribution in [2.75, 3.05) is 21.3 Å². The van der Waals surface area contributed by atoms with Gasteiger partial charge in [-0.05, 0) is 24.6 Å². The van der Waals surface area contributed by atoms with E-state index in [4.69, 9.17) is 35.0 Å². The van der Waals surface area contributed by atoms with E-state index in [0.29, 0.717) is 17.0 Å².